The Morgan fingerprint density at radius 1 is 1.07 bits per heavy atom. The van der Waals surface area contributed by atoms with Crippen LogP contribution in [0.2, 0.25) is 0 Å². The molecule has 2 aromatic rings. The van der Waals surface area contributed by atoms with Crippen LogP contribution in [-0.4, -0.2) is 44.5 Å². The van der Waals surface area contributed by atoms with Crippen molar-refractivity contribution in [2.24, 2.45) is 5.41 Å². The number of rotatable bonds is 9. The van der Waals surface area contributed by atoms with E-state index in [1.807, 2.05) is 30.5 Å². The van der Waals surface area contributed by atoms with Gasteiger partial charge in [0.1, 0.15) is 5.75 Å². The number of H-pyrrole nitrogens is 1. The van der Waals surface area contributed by atoms with Gasteiger partial charge in [-0.1, -0.05) is 20.8 Å². The van der Waals surface area contributed by atoms with Crippen LogP contribution >= 0.6 is 0 Å². The van der Waals surface area contributed by atoms with Crippen molar-refractivity contribution in [3.05, 3.63) is 60.2 Å². The maximum absolute atomic E-state index is 12.1. The topological polar surface area (TPSA) is 130 Å². The number of ether oxygens (including phenoxy) is 1. The first kappa shape index (κ1) is 24.6. The van der Waals surface area contributed by atoms with E-state index in [1.54, 1.807) is 6.33 Å². The number of aromatic amines is 1. The van der Waals surface area contributed by atoms with Gasteiger partial charge in [0.15, 0.2) is 5.78 Å². The number of nitrogens with zero attached hydrogens (tertiary/aromatic N) is 1. The number of imidazole rings is 1. The molecule has 30 heavy (non-hydrogen) atoms. The van der Waals surface area contributed by atoms with Crippen LogP contribution in [0.25, 0.3) is 0 Å². The lowest BCUT2D eigenvalue weighted by Gasteiger charge is -2.16. The predicted molar refractivity (Wildman–Crippen MR) is 112 cm³/mol. The van der Waals surface area contributed by atoms with E-state index in [0.717, 1.165) is 29.8 Å². The lowest BCUT2D eigenvalue weighted by atomic mass is 9.88. The summed E-state index contributed by atoms with van der Waals surface area (Å²) in [5.41, 5.74) is 1.88. The Kier molecular flexibility index (Phi) is 10.0. The smallest absolute Gasteiger partial charge is 0.328 e. The number of benzene rings is 1. The zero-order valence-electron chi connectivity index (χ0n) is 17.4. The zero-order valence-corrected chi connectivity index (χ0v) is 17.4. The molecule has 0 saturated carbocycles. The van der Waals surface area contributed by atoms with Gasteiger partial charge in [0.2, 0.25) is 0 Å². The molecule has 0 fully saturated rings. The van der Waals surface area contributed by atoms with E-state index in [-0.39, 0.29) is 11.2 Å². The second kappa shape index (κ2) is 12.2. The van der Waals surface area contributed by atoms with Crippen LogP contribution in [0.4, 0.5) is 0 Å². The van der Waals surface area contributed by atoms with E-state index in [4.69, 9.17) is 14.9 Å². The average molecular weight is 416 g/mol. The number of carboxylic acid groups (broad SMARTS) is 2. The van der Waals surface area contributed by atoms with Gasteiger partial charge >= 0.3 is 11.9 Å². The SMILES string of the molecule is CC(C)(C)CC(=O)c1ccc(OCCCc2cnc[nH]2)cc1.O=C(O)/C=C\C(=O)O. The fourth-order valence-corrected chi connectivity index (χ4v) is 2.34. The summed E-state index contributed by atoms with van der Waals surface area (Å²) in [6, 6.07) is 7.43. The standard InChI is InChI=1S/C18H24N2O2.C4H4O4/c1-18(2,3)11-17(21)14-6-8-16(9-7-14)22-10-4-5-15-12-19-13-20-15;5-3(6)1-2-4(7)8/h6-9,12-13H,4-5,10-11H2,1-3H3,(H,19,20);1-2H,(H,5,6)(H,7,8)/b;2-1-. The van der Waals surface area contributed by atoms with Crippen LogP contribution in [0.15, 0.2) is 48.9 Å². The zero-order chi connectivity index (χ0) is 22.6. The molecule has 1 aromatic carbocycles. The Morgan fingerprint density at radius 2 is 1.67 bits per heavy atom. The van der Waals surface area contributed by atoms with Gasteiger partial charge < -0.3 is 19.9 Å². The molecule has 0 radical (unpaired) electrons. The van der Waals surface area contributed by atoms with E-state index in [0.29, 0.717) is 25.2 Å². The summed E-state index contributed by atoms with van der Waals surface area (Å²) < 4.78 is 5.69. The van der Waals surface area contributed by atoms with Crippen molar-refractivity contribution in [3.63, 3.8) is 0 Å². The molecule has 0 aliphatic heterocycles. The minimum absolute atomic E-state index is 0.0128. The number of ketones is 1. The number of carbonyl (C=O) groups excluding carboxylic acids is 1. The highest BCUT2D eigenvalue weighted by atomic mass is 16.5. The van der Waals surface area contributed by atoms with Gasteiger partial charge in [-0.25, -0.2) is 14.6 Å². The molecule has 8 heteroatoms. The number of aromatic nitrogens is 2. The number of aliphatic carboxylic acids is 2. The number of hydrogen-bond donors (Lipinski definition) is 3. The van der Waals surface area contributed by atoms with Crippen LogP contribution in [0.1, 0.15) is 49.7 Å². The van der Waals surface area contributed by atoms with Gasteiger partial charge in [-0.05, 0) is 42.5 Å². The molecule has 2 rings (SSSR count). The molecule has 3 N–H and O–H groups in total. The van der Waals surface area contributed by atoms with E-state index in [9.17, 15) is 14.4 Å². The van der Waals surface area contributed by atoms with Crippen molar-refractivity contribution in [2.45, 2.75) is 40.0 Å². The Hall–Kier alpha value is -3.42. The Labute approximate surface area is 175 Å². The molecule has 0 saturated heterocycles. The number of carbonyl (C=O) groups is 3. The largest absolute Gasteiger partial charge is 0.494 e. The molecular weight excluding hydrogens is 388 g/mol. The molecule has 0 amide bonds. The number of hydrogen-bond acceptors (Lipinski definition) is 5. The van der Waals surface area contributed by atoms with Crippen molar-refractivity contribution in [1.82, 2.24) is 9.97 Å². The van der Waals surface area contributed by atoms with Crippen LogP contribution < -0.4 is 4.74 Å². The molecule has 8 nitrogen and oxygen atoms in total. The summed E-state index contributed by atoms with van der Waals surface area (Å²) in [4.78, 5) is 38.3. The van der Waals surface area contributed by atoms with Crippen molar-refractivity contribution < 1.29 is 29.3 Å². The van der Waals surface area contributed by atoms with E-state index < -0.39 is 11.9 Å². The first-order valence-electron chi connectivity index (χ1n) is 9.44. The van der Waals surface area contributed by atoms with Crippen LogP contribution in [0, 0.1) is 5.41 Å². The predicted octanol–water partition coefficient (Wildman–Crippen LogP) is 3.75. The van der Waals surface area contributed by atoms with Crippen molar-refractivity contribution in [2.75, 3.05) is 6.61 Å². The molecule has 0 atom stereocenters. The lowest BCUT2D eigenvalue weighted by Crippen LogP contribution is -2.13. The van der Waals surface area contributed by atoms with E-state index in [2.05, 4.69) is 30.7 Å². The van der Waals surface area contributed by atoms with Gasteiger partial charge in [0.05, 0.1) is 12.9 Å². The van der Waals surface area contributed by atoms with Gasteiger partial charge in [-0.2, -0.15) is 0 Å². The molecule has 0 bridgehead atoms. The van der Waals surface area contributed by atoms with Crippen LogP contribution in [-0.2, 0) is 16.0 Å². The summed E-state index contributed by atoms with van der Waals surface area (Å²) in [5, 5.41) is 15.6. The maximum Gasteiger partial charge on any atom is 0.328 e. The summed E-state index contributed by atoms with van der Waals surface area (Å²) >= 11 is 0. The van der Waals surface area contributed by atoms with Crippen molar-refractivity contribution in [1.29, 1.82) is 0 Å². The number of nitrogens with one attached hydrogen (secondary N) is 1. The average Bonchev–Trinajstić information content (AvgIpc) is 3.17. The summed E-state index contributed by atoms with van der Waals surface area (Å²) in [6.45, 7) is 6.86. The lowest BCUT2D eigenvalue weighted by molar-refractivity contribution is -0.134. The number of aryl methyl sites for hydroxylation is 1. The van der Waals surface area contributed by atoms with Crippen molar-refractivity contribution >= 4 is 17.7 Å². The van der Waals surface area contributed by atoms with Gasteiger partial charge in [0, 0.05) is 36.0 Å². The molecule has 1 heterocycles. The monoisotopic (exact) mass is 416 g/mol. The summed E-state index contributed by atoms with van der Waals surface area (Å²) in [5.74, 6) is -1.53. The fraction of sp³-hybridized carbons (Fsp3) is 0.364. The Balaban J connectivity index is 0.000000479. The highest BCUT2D eigenvalue weighted by Gasteiger charge is 2.17. The highest BCUT2D eigenvalue weighted by Crippen LogP contribution is 2.22. The molecule has 0 aliphatic rings. The maximum atomic E-state index is 12.1. The van der Waals surface area contributed by atoms with E-state index in [1.165, 1.54) is 0 Å². The molecule has 0 unspecified atom stereocenters. The summed E-state index contributed by atoms with van der Waals surface area (Å²) in [6.07, 6.45) is 7.02. The number of carboxylic acids is 2. The normalized spacial score (nSPS) is 10.9. The minimum atomic E-state index is -1.26. The number of Topliss-reactive ketones (excluding diaryl/α,β-unsaturated/α-hetero) is 1. The van der Waals surface area contributed by atoms with Crippen LogP contribution in [0.5, 0.6) is 5.75 Å². The quantitative estimate of drug-likeness (QED) is 0.322. The van der Waals surface area contributed by atoms with Crippen molar-refractivity contribution in [3.8, 4) is 5.75 Å². The second-order valence-corrected chi connectivity index (χ2v) is 7.72. The minimum Gasteiger partial charge on any atom is -0.494 e. The highest BCUT2D eigenvalue weighted by molar-refractivity contribution is 5.96. The Bertz CT molecular complexity index is 818. The van der Waals surface area contributed by atoms with Gasteiger partial charge in [-0.15, -0.1) is 0 Å². The molecule has 0 aliphatic carbocycles. The van der Waals surface area contributed by atoms with Gasteiger partial charge in [-0.3, -0.25) is 4.79 Å². The summed E-state index contributed by atoms with van der Waals surface area (Å²) in [7, 11) is 0. The fourth-order valence-electron chi connectivity index (χ4n) is 2.34. The molecular formula is C22H28N2O6. The first-order valence-corrected chi connectivity index (χ1v) is 9.44. The molecule has 162 valence electrons. The van der Waals surface area contributed by atoms with Crippen LogP contribution in [0.3, 0.4) is 0 Å². The second-order valence-electron chi connectivity index (χ2n) is 7.72. The molecule has 1 aromatic heterocycles. The third-order valence-corrected chi connectivity index (χ3v) is 3.65. The van der Waals surface area contributed by atoms with Gasteiger partial charge in [0.25, 0.3) is 0 Å². The Morgan fingerprint density at radius 3 is 2.13 bits per heavy atom. The third kappa shape index (κ3) is 11.4. The van der Waals surface area contributed by atoms with E-state index >= 15 is 0 Å². The first-order chi connectivity index (χ1) is 14.1. The third-order valence-electron chi connectivity index (χ3n) is 3.65. The molecule has 0 spiro atoms.